The van der Waals surface area contributed by atoms with Gasteiger partial charge in [0.1, 0.15) is 10.9 Å². The molecule has 3 aliphatic rings. The molecule has 8 nitrogen and oxygen atoms in total. The molecule has 3 atom stereocenters. The lowest BCUT2D eigenvalue weighted by molar-refractivity contribution is -0.123. The molecule has 0 radical (unpaired) electrons. The standard InChI is InChI=1S/C18H23ClN6O2S/c1-10-14(20)18(9-27-10)3-6-25(7-4-18)16-17(26)24-12(8-23-16)28-11-2-5-22-15(21)13(11)19/h2,5,8,10,14,16H,3-4,6-7,9,20H2,1H3,(H2,21,22)/t10-,14+,16?/m0/s1. The van der Waals surface area contributed by atoms with Gasteiger partial charge in [-0.05, 0) is 25.8 Å². The molecule has 4 N–H and O–H groups in total. The molecule has 1 aromatic rings. The van der Waals surface area contributed by atoms with Gasteiger partial charge in [0.2, 0.25) is 0 Å². The third kappa shape index (κ3) is 3.57. The van der Waals surface area contributed by atoms with E-state index >= 15 is 0 Å². The van der Waals surface area contributed by atoms with Crippen LogP contribution in [0.15, 0.2) is 27.1 Å². The number of rotatable bonds is 2. The van der Waals surface area contributed by atoms with Crippen LogP contribution in [0.25, 0.3) is 0 Å². The molecule has 4 heterocycles. The summed E-state index contributed by atoms with van der Waals surface area (Å²) >= 11 is 7.41. The first kappa shape index (κ1) is 19.8. The third-order valence-electron chi connectivity index (χ3n) is 5.85. The average Bonchev–Trinajstić information content (AvgIpc) is 2.95. The second kappa shape index (κ2) is 7.72. The highest BCUT2D eigenvalue weighted by atomic mass is 35.5. The molecule has 28 heavy (non-hydrogen) atoms. The van der Waals surface area contributed by atoms with E-state index in [1.165, 1.54) is 11.8 Å². The first-order valence-corrected chi connectivity index (χ1v) is 10.4. The van der Waals surface area contributed by atoms with Crippen LogP contribution in [0.3, 0.4) is 0 Å². The smallest absolute Gasteiger partial charge is 0.286 e. The Morgan fingerprint density at radius 2 is 2.14 bits per heavy atom. The number of hydrogen-bond donors (Lipinski definition) is 2. The number of pyridine rings is 1. The second-order valence-corrected chi connectivity index (χ2v) is 8.93. The maximum atomic E-state index is 12.6. The summed E-state index contributed by atoms with van der Waals surface area (Å²) in [6.45, 7) is 4.22. The molecule has 150 valence electrons. The number of halogens is 1. The van der Waals surface area contributed by atoms with Gasteiger partial charge in [-0.15, -0.1) is 0 Å². The summed E-state index contributed by atoms with van der Waals surface area (Å²) in [5.41, 5.74) is 12.1. The van der Waals surface area contributed by atoms with Crippen LogP contribution in [0.4, 0.5) is 5.82 Å². The van der Waals surface area contributed by atoms with Crippen molar-refractivity contribution in [1.29, 1.82) is 0 Å². The van der Waals surface area contributed by atoms with E-state index in [9.17, 15) is 4.79 Å². The summed E-state index contributed by atoms with van der Waals surface area (Å²) in [6, 6.07) is 1.77. The van der Waals surface area contributed by atoms with Crippen molar-refractivity contribution in [1.82, 2.24) is 9.88 Å². The fourth-order valence-corrected chi connectivity index (χ4v) is 5.04. The van der Waals surface area contributed by atoms with Crippen LogP contribution in [0.1, 0.15) is 19.8 Å². The predicted molar refractivity (Wildman–Crippen MR) is 111 cm³/mol. The van der Waals surface area contributed by atoms with E-state index in [1.807, 2.05) is 6.92 Å². The van der Waals surface area contributed by atoms with E-state index in [0.717, 1.165) is 25.9 Å². The van der Waals surface area contributed by atoms with E-state index in [1.54, 1.807) is 18.5 Å². The minimum absolute atomic E-state index is 0.0135. The second-order valence-electron chi connectivity index (χ2n) is 7.49. The fourth-order valence-electron chi connectivity index (χ4n) is 4.01. The molecule has 2 saturated heterocycles. The fraction of sp³-hybridized carbons (Fsp3) is 0.556. The highest BCUT2D eigenvalue weighted by Gasteiger charge is 2.48. The van der Waals surface area contributed by atoms with Crippen LogP contribution in [0, 0.1) is 5.41 Å². The van der Waals surface area contributed by atoms with Gasteiger partial charge in [0, 0.05) is 35.6 Å². The van der Waals surface area contributed by atoms with Gasteiger partial charge in [-0.3, -0.25) is 14.7 Å². The molecule has 0 saturated carbocycles. The largest absolute Gasteiger partial charge is 0.382 e. The molecule has 4 rings (SSSR count). The van der Waals surface area contributed by atoms with Crippen molar-refractivity contribution in [3.8, 4) is 0 Å². The summed E-state index contributed by atoms with van der Waals surface area (Å²) in [6.07, 6.45) is 4.50. The van der Waals surface area contributed by atoms with Crippen molar-refractivity contribution >= 4 is 46.3 Å². The van der Waals surface area contributed by atoms with Gasteiger partial charge in [-0.25, -0.2) is 9.98 Å². The Hall–Kier alpha value is -1.52. The zero-order valence-corrected chi connectivity index (χ0v) is 17.1. The molecule has 2 fully saturated rings. The molecule has 0 bridgehead atoms. The van der Waals surface area contributed by atoms with E-state index in [-0.39, 0.29) is 29.3 Å². The lowest BCUT2D eigenvalue weighted by Gasteiger charge is -2.42. The Labute approximate surface area is 172 Å². The molecule has 10 heteroatoms. The van der Waals surface area contributed by atoms with Gasteiger partial charge in [0.15, 0.2) is 6.17 Å². The van der Waals surface area contributed by atoms with Crippen LogP contribution in [-0.4, -0.2) is 65.1 Å². The number of amides is 1. The quantitative estimate of drug-likeness (QED) is 0.742. The Morgan fingerprint density at radius 1 is 1.39 bits per heavy atom. The van der Waals surface area contributed by atoms with Crippen molar-refractivity contribution in [2.45, 2.75) is 43.0 Å². The van der Waals surface area contributed by atoms with Crippen molar-refractivity contribution < 1.29 is 9.53 Å². The number of nitrogens with two attached hydrogens (primary N) is 2. The topological polar surface area (TPSA) is 119 Å². The zero-order valence-electron chi connectivity index (χ0n) is 15.5. The molecule has 1 aromatic heterocycles. The monoisotopic (exact) mass is 422 g/mol. The number of aromatic nitrogens is 1. The summed E-state index contributed by atoms with van der Waals surface area (Å²) in [4.78, 5) is 28.0. The van der Waals surface area contributed by atoms with Gasteiger partial charge in [-0.2, -0.15) is 0 Å². The van der Waals surface area contributed by atoms with Crippen molar-refractivity contribution in [2.24, 2.45) is 21.1 Å². The summed E-state index contributed by atoms with van der Waals surface area (Å²) in [5.74, 6) is -0.0191. The maximum absolute atomic E-state index is 12.6. The first-order valence-electron chi connectivity index (χ1n) is 9.24. The Kier molecular flexibility index (Phi) is 5.45. The van der Waals surface area contributed by atoms with E-state index < -0.39 is 6.17 Å². The van der Waals surface area contributed by atoms with Gasteiger partial charge in [0.25, 0.3) is 5.91 Å². The minimum atomic E-state index is -0.573. The number of carbonyl (C=O) groups excluding carboxylic acids is 1. The number of nitrogens with zero attached hydrogens (tertiary/aromatic N) is 4. The van der Waals surface area contributed by atoms with Gasteiger partial charge < -0.3 is 16.2 Å². The van der Waals surface area contributed by atoms with Crippen molar-refractivity contribution in [3.63, 3.8) is 0 Å². The zero-order chi connectivity index (χ0) is 19.9. The van der Waals surface area contributed by atoms with Crippen molar-refractivity contribution in [2.75, 3.05) is 25.4 Å². The first-order chi connectivity index (χ1) is 13.4. The molecule has 3 aliphatic heterocycles. The van der Waals surface area contributed by atoms with E-state index in [2.05, 4.69) is 19.9 Å². The van der Waals surface area contributed by atoms with Crippen LogP contribution < -0.4 is 11.5 Å². The van der Waals surface area contributed by atoms with Gasteiger partial charge in [-0.1, -0.05) is 23.4 Å². The number of aliphatic imine (C=N–C) groups is 2. The SMILES string of the molecule is C[C@@H]1OCC2(CCN(C3N=CC(Sc4ccnc(N)c4Cl)=NC3=O)CC2)[C@@H]1N. The number of nitrogen functional groups attached to an aromatic ring is 1. The maximum Gasteiger partial charge on any atom is 0.286 e. The molecule has 0 aliphatic carbocycles. The lowest BCUT2D eigenvalue weighted by atomic mass is 9.73. The van der Waals surface area contributed by atoms with Crippen molar-refractivity contribution in [3.05, 3.63) is 17.3 Å². The number of ether oxygens (including phenoxy) is 1. The third-order valence-corrected chi connectivity index (χ3v) is 7.32. The predicted octanol–water partition coefficient (Wildman–Crippen LogP) is 1.57. The van der Waals surface area contributed by atoms with Crippen LogP contribution >= 0.6 is 23.4 Å². The number of hydrogen-bond acceptors (Lipinski definition) is 8. The molecular weight excluding hydrogens is 400 g/mol. The normalized spacial score (nSPS) is 30.0. The van der Waals surface area contributed by atoms with Crippen LogP contribution in [-0.2, 0) is 9.53 Å². The van der Waals surface area contributed by atoms with Crippen LogP contribution in [0.2, 0.25) is 5.02 Å². The number of likely N-dealkylation sites (tertiary alicyclic amines) is 1. The van der Waals surface area contributed by atoms with Gasteiger partial charge in [0.05, 0.1) is 23.9 Å². The number of thioether (sulfide) groups is 1. The molecule has 1 unspecified atom stereocenters. The molecule has 1 spiro atoms. The van der Waals surface area contributed by atoms with Gasteiger partial charge >= 0.3 is 0 Å². The molecule has 0 aromatic carbocycles. The molecular formula is C18H23ClN6O2S. The number of piperidine rings is 1. The number of anilines is 1. The minimum Gasteiger partial charge on any atom is -0.382 e. The van der Waals surface area contributed by atoms with Crippen LogP contribution in [0.5, 0.6) is 0 Å². The van der Waals surface area contributed by atoms with E-state index in [4.69, 9.17) is 27.8 Å². The Bertz CT molecular complexity index is 839. The molecule has 1 amide bonds. The van der Waals surface area contributed by atoms with E-state index in [0.29, 0.717) is 21.6 Å². The Morgan fingerprint density at radius 3 is 2.79 bits per heavy atom. The Balaban J connectivity index is 1.39. The number of carbonyl (C=O) groups is 1. The summed E-state index contributed by atoms with van der Waals surface area (Å²) < 4.78 is 5.76. The average molecular weight is 423 g/mol. The highest BCUT2D eigenvalue weighted by Crippen LogP contribution is 2.41. The lowest BCUT2D eigenvalue weighted by Crippen LogP contribution is -2.53. The summed E-state index contributed by atoms with van der Waals surface area (Å²) in [5, 5.41) is 0.839. The summed E-state index contributed by atoms with van der Waals surface area (Å²) in [7, 11) is 0. The highest BCUT2D eigenvalue weighted by molar-refractivity contribution is 8.15.